The molecule has 1 heterocycles. The zero-order chi connectivity index (χ0) is 35.2. The number of allylic oxidation sites excluding steroid dienone is 4. The van der Waals surface area contributed by atoms with Crippen molar-refractivity contribution in [1.82, 2.24) is 0 Å². The first-order valence-corrected chi connectivity index (χ1v) is 18.9. The second-order valence-corrected chi connectivity index (χ2v) is 13.0. The van der Waals surface area contributed by atoms with Gasteiger partial charge in [0.2, 0.25) is 0 Å². The maximum Gasteiger partial charge on any atom is 0.306 e. The first kappa shape index (κ1) is 44.2. The Morgan fingerprint density at radius 1 is 0.667 bits per heavy atom. The summed E-state index contributed by atoms with van der Waals surface area (Å²) in [5, 5.41) is 39.4. The van der Waals surface area contributed by atoms with Gasteiger partial charge in [0.1, 0.15) is 31.0 Å². The van der Waals surface area contributed by atoms with E-state index in [9.17, 15) is 30.0 Å². The molecule has 4 N–H and O–H groups in total. The highest BCUT2D eigenvalue weighted by molar-refractivity contribution is 5.70. The highest BCUT2D eigenvalue weighted by Crippen LogP contribution is 2.22. The van der Waals surface area contributed by atoms with E-state index in [4.69, 9.17) is 18.9 Å². The van der Waals surface area contributed by atoms with Crippen molar-refractivity contribution in [3.63, 3.8) is 0 Å². The van der Waals surface area contributed by atoms with Gasteiger partial charge in [0.05, 0.1) is 13.2 Å². The van der Waals surface area contributed by atoms with Gasteiger partial charge in [-0.1, -0.05) is 122 Å². The summed E-state index contributed by atoms with van der Waals surface area (Å²) < 4.78 is 21.4. The van der Waals surface area contributed by atoms with Crippen LogP contribution in [0.15, 0.2) is 24.3 Å². The van der Waals surface area contributed by atoms with Crippen LogP contribution in [0.1, 0.15) is 149 Å². The highest BCUT2D eigenvalue weighted by Gasteiger charge is 2.44. The van der Waals surface area contributed by atoms with E-state index >= 15 is 0 Å². The minimum atomic E-state index is -1.59. The Morgan fingerprint density at radius 2 is 1.21 bits per heavy atom. The molecule has 48 heavy (non-hydrogen) atoms. The summed E-state index contributed by atoms with van der Waals surface area (Å²) in [5.41, 5.74) is 0. The van der Waals surface area contributed by atoms with Gasteiger partial charge in [-0.3, -0.25) is 9.59 Å². The van der Waals surface area contributed by atoms with Crippen LogP contribution >= 0.6 is 0 Å². The number of hydrogen-bond donors (Lipinski definition) is 4. The molecule has 1 fully saturated rings. The fourth-order valence-corrected chi connectivity index (χ4v) is 5.55. The molecular weight excluding hydrogens is 616 g/mol. The minimum absolute atomic E-state index is 0.157. The Labute approximate surface area is 290 Å². The maximum atomic E-state index is 12.5. The van der Waals surface area contributed by atoms with E-state index in [2.05, 4.69) is 31.2 Å². The molecule has 0 amide bonds. The predicted molar refractivity (Wildman–Crippen MR) is 187 cm³/mol. The van der Waals surface area contributed by atoms with Crippen LogP contribution in [-0.2, 0) is 28.5 Å². The van der Waals surface area contributed by atoms with E-state index in [1.54, 1.807) is 6.92 Å². The smallest absolute Gasteiger partial charge is 0.306 e. The van der Waals surface area contributed by atoms with E-state index < -0.39 is 55.4 Å². The summed E-state index contributed by atoms with van der Waals surface area (Å²) in [7, 11) is 0. The number of carbonyl (C=O) groups excluding carboxylic acids is 2. The Bertz CT molecular complexity index is 845. The molecule has 0 aromatic carbocycles. The molecule has 10 heteroatoms. The molecule has 1 aliphatic rings. The van der Waals surface area contributed by atoms with Gasteiger partial charge in [0, 0.05) is 12.8 Å². The lowest BCUT2D eigenvalue weighted by Gasteiger charge is -2.39. The van der Waals surface area contributed by atoms with Gasteiger partial charge in [0.25, 0.3) is 0 Å². The van der Waals surface area contributed by atoms with E-state index in [-0.39, 0.29) is 26.1 Å². The van der Waals surface area contributed by atoms with Crippen molar-refractivity contribution < 1.29 is 49.0 Å². The third-order valence-electron chi connectivity index (χ3n) is 8.64. The molecule has 0 aliphatic carbocycles. The molecule has 1 rings (SSSR count). The lowest BCUT2D eigenvalue weighted by molar-refractivity contribution is -0.305. The van der Waals surface area contributed by atoms with Gasteiger partial charge in [-0.15, -0.1) is 0 Å². The molecule has 0 aromatic rings. The van der Waals surface area contributed by atoms with Crippen LogP contribution in [-0.4, -0.2) is 89.0 Å². The molecule has 0 saturated carbocycles. The monoisotopic (exact) mass is 684 g/mol. The third kappa shape index (κ3) is 22.0. The summed E-state index contributed by atoms with van der Waals surface area (Å²) in [4.78, 5) is 24.1. The summed E-state index contributed by atoms with van der Waals surface area (Å²) in [6, 6.07) is 0. The average molecular weight is 685 g/mol. The van der Waals surface area contributed by atoms with Crippen molar-refractivity contribution in [3.05, 3.63) is 24.3 Å². The molecule has 6 atom stereocenters. The molecule has 0 spiro atoms. The predicted octanol–water partition coefficient (Wildman–Crippen LogP) is 6.60. The Kier molecular flexibility index (Phi) is 27.7. The lowest BCUT2D eigenvalue weighted by Crippen LogP contribution is -2.59. The van der Waals surface area contributed by atoms with E-state index in [1.165, 1.54) is 89.9 Å². The summed E-state index contributed by atoms with van der Waals surface area (Å²) >= 11 is 0. The van der Waals surface area contributed by atoms with Gasteiger partial charge in [-0.25, -0.2) is 0 Å². The van der Waals surface area contributed by atoms with Crippen molar-refractivity contribution >= 4 is 11.9 Å². The molecular formula is C38H68O10. The zero-order valence-electron chi connectivity index (χ0n) is 30.0. The first-order valence-electron chi connectivity index (χ1n) is 18.9. The lowest BCUT2D eigenvalue weighted by atomic mass is 9.99. The summed E-state index contributed by atoms with van der Waals surface area (Å²) in [6.45, 7) is 2.80. The number of unbranched alkanes of at least 4 members (excludes halogenated alkanes) is 16. The van der Waals surface area contributed by atoms with Gasteiger partial charge < -0.3 is 39.4 Å². The maximum absolute atomic E-state index is 12.5. The molecule has 0 radical (unpaired) electrons. The SMILES string of the molecule is CCCCCCC/C=C\C/C=C\CCCCCCCCCCCCCC(=O)OC(COC(=O)CC)COC1OC(CO)C(O)C(O)C1O. The van der Waals surface area contributed by atoms with Crippen LogP contribution in [0.2, 0.25) is 0 Å². The van der Waals surface area contributed by atoms with Crippen molar-refractivity contribution in [2.75, 3.05) is 19.8 Å². The number of carbonyl (C=O) groups is 2. The van der Waals surface area contributed by atoms with Crippen LogP contribution in [0, 0.1) is 0 Å². The van der Waals surface area contributed by atoms with Gasteiger partial charge in [-0.2, -0.15) is 0 Å². The number of rotatable bonds is 30. The van der Waals surface area contributed by atoms with Crippen molar-refractivity contribution in [2.45, 2.75) is 185 Å². The summed E-state index contributed by atoms with van der Waals surface area (Å²) in [6.07, 6.45) is 24.5. The van der Waals surface area contributed by atoms with E-state index in [1.807, 2.05) is 0 Å². The fraction of sp³-hybridized carbons (Fsp3) is 0.842. The normalized spacial score (nSPS) is 22.0. The van der Waals surface area contributed by atoms with Crippen molar-refractivity contribution in [1.29, 1.82) is 0 Å². The second-order valence-electron chi connectivity index (χ2n) is 13.0. The number of esters is 2. The van der Waals surface area contributed by atoms with E-state index in [0.717, 1.165) is 25.7 Å². The van der Waals surface area contributed by atoms with Crippen LogP contribution in [0.25, 0.3) is 0 Å². The highest BCUT2D eigenvalue weighted by atomic mass is 16.7. The largest absolute Gasteiger partial charge is 0.462 e. The molecule has 0 aromatic heterocycles. The fourth-order valence-electron chi connectivity index (χ4n) is 5.55. The first-order chi connectivity index (χ1) is 23.3. The average Bonchev–Trinajstić information content (AvgIpc) is 3.09. The quantitative estimate of drug-likeness (QED) is 0.0370. The Morgan fingerprint density at radius 3 is 1.75 bits per heavy atom. The summed E-state index contributed by atoms with van der Waals surface area (Å²) in [5.74, 6) is -0.907. The van der Waals surface area contributed by atoms with Crippen LogP contribution in [0.4, 0.5) is 0 Å². The topological polar surface area (TPSA) is 152 Å². The molecule has 10 nitrogen and oxygen atoms in total. The third-order valence-corrected chi connectivity index (χ3v) is 8.64. The molecule has 280 valence electrons. The standard InChI is InChI=1S/C38H68O10/c1-3-5-6-7-8-9-10-11-12-13-14-15-16-17-18-19-20-21-22-23-24-25-26-27-34(41)47-31(29-45-33(40)4-2)30-46-38-37(44)36(43)35(42)32(28-39)48-38/h10-11,13-14,31-32,35-39,42-44H,3-9,12,15-30H2,1-2H3/b11-10-,14-13-. The van der Waals surface area contributed by atoms with Crippen molar-refractivity contribution in [2.24, 2.45) is 0 Å². The van der Waals surface area contributed by atoms with Crippen LogP contribution < -0.4 is 0 Å². The van der Waals surface area contributed by atoms with Gasteiger partial charge in [-0.05, 0) is 38.5 Å². The number of ether oxygens (including phenoxy) is 4. The number of hydrogen-bond acceptors (Lipinski definition) is 10. The minimum Gasteiger partial charge on any atom is -0.462 e. The molecule has 1 aliphatic heterocycles. The van der Waals surface area contributed by atoms with E-state index in [0.29, 0.717) is 6.42 Å². The number of aliphatic hydroxyl groups is 4. The van der Waals surface area contributed by atoms with Crippen LogP contribution in [0.5, 0.6) is 0 Å². The Balaban J connectivity index is 2.08. The number of aliphatic hydroxyl groups excluding tert-OH is 4. The van der Waals surface area contributed by atoms with Gasteiger partial charge >= 0.3 is 11.9 Å². The zero-order valence-corrected chi connectivity index (χ0v) is 30.0. The Hall–Kier alpha value is -1.82. The van der Waals surface area contributed by atoms with Crippen LogP contribution in [0.3, 0.4) is 0 Å². The second kappa shape index (κ2) is 30.0. The molecule has 6 unspecified atom stereocenters. The van der Waals surface area contributed by atoms with Crippen molar-refractivity contribution in [3.8, 4) is 0 Å². The molecule has 0 bridgehead atoms. The van der Waals surface area contributed by atoms with Gasteiger partial charge in [0.15, 0.2) is 12.4 Å². The molecule has 1 saturated heterocycles.